The lowest BCUT2D eigenvalue weighted by Crippen LogP contribution is -2.47. The van der Waals surface area contributed by atoms with E-state index in [-0.39, 0.29) is 17.9 Å². The van der Waals surface area contributed by atoms with E-state index in [0.29, 0.717) is 25.2 Å². The Hall–Kier alpha value is -2.26. The Balaban J connectivity index is 2.25. The van der Waals surface area contributed by atoms with Crippen molar-refractivity contribution in [2.45, 2.75) is 32.6 Å². The molecule has 1 fully saturated rings. The highest BCUT2D eigenvalue weighted by Crippen LogP contribution is 2.37. The number of hydrogen-bond acceptors (Lipinski definition) is 2. The van der Waals surface area contributed by atoms with Gasteiger partial charge in [-0.15, -0.1) is 0 Å². The van der Waals surface area contributed by atoms with E-state index in [0.717, 1.165) is 6.42 Å². The first kappa shape index (κ1) is 21.0. The number of halogens is 6. The Kier molecular flexibility index (Phi) is 5.77. The first-order valence-corrected chi connectivity index (χ1v) is 8.17. The van der Waals surface area contributed by atoms with Crippen molar-refractivity contribution < 1.29 is 35.9 Å². The van der Waals surface area contributed by atoms with Gasteiger partial charge in [0.15, 0.2) is 0 Å². The quantitative estimate of drug-likeness (QED) is 0.572. The summed E-state index contributed by atoms with van der Waals surface area (Å²) in [5.41, 5.74) is -3.88. The summed E-state index contributed by atoms with van der Waals surface area (Å²) in [7, 11) is 0. The number of nitrogens with one attached hydrogen (secondary N) is 1. The molecule has 2 atom stereocenters. The molecule has 0 spiro atoms. The van der Waals surface area contributed by atoms with Gasteiger partial charge in [-0.2, -0.15) is 26.3 Å². The monoisotopic (exact) mass is 396 g/mol. The minimum absolute atomic E-state index is 0.0501. The third-order valence-corrected chi connectivity index (χ3v) is 4.20. The van der Waals surface area contributed by atoms with E-state index < -0.39 is 41.0 Å². The highest BCUT2D eigenvalue weighted by molar-refractivity contribution is 6.39. The van der Waals surface area contributed by atoms with Gasteiger partial charge in [0, 0.05) is 18.8 Å². The molecule has 1 heterocycles. The minimum atomic E-state index is -5.04. The molecule has 1 aliphatic rings. The van der Waals surface area contributed by atoms with Gasteiger partial charge >= 0.3 is 24.2 Å². The fourth-order valence-corrected chi connectivity index (χ4v) is 3.18. The molecule has 0 aromatic heterocycles. The number of hydrogen-bond donors (Lipinski definition) is 1. The number of rotatable bonds is 1. The second kappa shape index (κ2) is 7.40. The molecule has 0 saturated carbocycles. The van der Waals surface area contributed by atoms with Gasteiger partial charge < -0.3 is 10.2 Å². The summed E-state index contributed by atoms with van der Waals surface area (Å²) in [5.74, 6) is -1.99. The molecule has 10 heteroatoms. The number of piperidine rings is 1. The third kappa shape index (κ3) is 5.36. The number of carbonyl (C=O) groups excluding carboxylic acids is 2. The lowest BCUT2D eigenvalue weighted by Gasteiger charge is -2.34. The molecular formula is C17H18F6N2O2. The fraction of sp³-hybridized carbons (Fsp3) is 0.529. The van der Waals surface area contributed by atoms with E-state index in [9.17, 15) is 35.9 Å². The Morgan fingerprint density at radius 2 is 1.37 bits per heavy atom. The van der Waals surface area contributed by atoms with Crippen LogP contribution in [0.1, 0.15) is 31.4 Å². The maximum absolute atomic E-state index is 12.9. The maximum atomic E-state index is 12.9. The third-order valence-electron chi connectivity index (χ3n) is 4.20. The van der Waals surface area contributed by atoms with Crippen LogP contribution in [-0.4, -0.2) is 29.8 Å². The summed E-state index contributed by atoms with van der Waals surface area (Å²) in [6.45, 7) is 4.37. The maximum Gasteiger partial charge on any atom is 0.416 e. The van der Waals surface area contributed by atoms with Crippen LogP contribution in [0.15, 0.2) is 18.2 Å². The van der Waals surface area contributed by atoms with Gasteiger partial charge in [0.05, 0.1) is 11.1 Å². The lowest BCUT2D eigenvalue weighted by molar-refractivity contribution is -0.145. The number of benzene rings is 1. The highest BCUT2D eigenvalue weighted by atomic mass is 19.4. The lowest BCUT2D eigenvalue weighted by atomic mass is 9.92. The molecule has 4 nitrogen and oxygen atoms in total. The molecule has 2 unspecified atom stereocenters. The van der Waals surface area contributed by atoms with Crippen LogP contribution in [0.25, 0.3) is 0 Å². The molecule has 0 bridgehead atoms. The molecule has 2 amide bonds. The summed E-state index contributed by atoms with van der Waals surface area (Å²) in [5, 5.41) is 1.86. The van der Waals surface area contributed by atoms with Crippen LogP contribution in [0.5, 0.6) is 0 Å². The standard InChI is InChI=1S/C17H18F6N2O2/c1-9-3-10(2)8-25(7-9)15(27)14(26)24-13-5-11(16(18,19)20)4-12(6-13)17(21,22)23/h4-6,9-10H,3,7-8H2,1-2H3,(H,24,26). The summed E-state index contributed by atoms with van der Waals surface area (Å²) in [4.78, 5) is 25.6. The van der Waals surface area contributed by atoms with Crippen molar-refractivity contribution in [1.29, 1.82) is 0 Å². The van der Waals surface area contributed by atoms with Crippen molar-refractivity contribution in [3.63, 3.8) is 0 Å². The first-order valence-electron chi connectivity index (χ1n) is 8.17. The number of amides is 2. The number of carbonyl (C=O) groups is 2. The van der Waals surface area contributed by atoms with Gasteiger partial charge in [0.2, 0.25) is 0 Å². The zero-order chi connectivity index (χ0) is 20.6. The SMILES string of the molecule is CC1CC(C)CN(C(=O)C(=O)Nc2cc(C(F)(F)F)cc(C(F)(F)F)c2)C1. The van der Waals surface area contributed by atoms with Crippen LogP contribution in [0, 0.1) is 11.8 Å². The van der Waals surface area contributed by atoms with E-state index in [4.69, 9.17) is 0 Å². The molecule has 0 aliphatic carbocycles. The Morgan fingerprint density at radius 1 is 0.926 bits per heavy atom. The number of anilines is 1. The minimum Gasteiger partial charge on any atom is -0.334 e. The van der Waals surface area contributed by atoms with E-state index in [1.807, 2.05) is 19.2 Å². The number of nitrogens with zero attached hydrogens (tertiary/aromatic N) is 1. The van der Waals surface area contributed by atoms with Crippen molar-refractivity contribution in [2.75, 3.05) is 18.4 Å². The Labute approximate surface area is 151 Å². The van der Waals surface area contributed by atoms with E-state index in [1.165, 1.54) is 4.90 Å². The van der Waals surface area contributed by atoms with Gasteiger partial charge in [-0.1, -0.05) is 13.8 Å². The highest BCUT2D eigenvalue weighted by Gasteiger charge is 2.37. The van der Waals surface area contributed by atoms with Crippen LogP contribution in [0.3, 0.4) is 0 Å². The second-order valence-electron chi connectivity index (χ2n) is 6.90. The zero-order valence-electron chi connectivity index (χ0n) is 14.5. The smallest absolute Gasteiger partial charge is 0.334 e. The van der Waals surface area contributed by atoms with Crippen molar-refractivity contribution in [3.05, 3.63) is 29.3 Å². The summed E-state index contributed by atoms with van der Waals surface area (Å²) >= 11 is 0. The Morgan fingerprint density at radius 3 is 1.78 bits per heavy atom. The average Bonchev–Trinajstić information content (AvgIpc) is 2.51. The number of likely N-dealkylation sites (tertiary alicyclic amines) is 1. The zero-order valence-corrected chi connectivity index (χ0v) is 14.5. The first-order chi connectivity index (χ1) is 12.3. The van der Waals surface area contributed by atoms with Gasteiger partial charge in [0.1, 0.15) is 0 Å². The second-order valence-corrected chi connectivity index (χ2v) is 6.90. The summed E-state index contributed by atoms with van der Waals surface area (Å²) < 4.78 is 77.1. The molecule has 1 saturated heterocycles. The molecular weight excluding hydrogens is 378 g/mol. The average molecular weight is 396 g/mol. The van der Waals surface area contributed by atoms with Crippen molar-refractivity contribution in [1.82, 2.24) is 4.90 Å². The molecule has 0 radical (unpaired) electrons. The van der Waals surface area contributed by atoms with Gasteiger partial charge in [0.25, 0.3) is 0 Å². The van der Waals surface area contributed by atoms with Crippen LogP contribution < -0.4 is 5.32 Å². The van der Waals surface area contributed by atoms with Crippen LogP contribution in [0.4, 0.5) is 32.0 Å². The van der Waals surface area contributed by atoms with Crippen molar-refractivity contribution >= 4 is 17.5 Å². The molecule has 1 N–H and O–H groups in total. The number of alkyl halides is 6. The molecule has 1 aliphatic heterocycles. The van der Waals surface area contributed by atoms with Gasteiger partial charge in [-0.25, -0.2) is 0 Å². The topological polar surface area (TPSA) is 49.4 Å². The van der Waals surface area contributed by atoms with Gasteiger partial charge in [-0.05, 0) is 36.5 Å². The van der Waals surface area contributed by atoms with Crippen molar-refractivity contribution in [3.8, 4) is 0 Å². The summed E-state index contributed by atoms with van der Waals surface area (Å²) in [6.07, 6.45) is -9.22. The van der Waals surface area contributed by atoms with Gasteiger partial charge in [-0.3, -0.25) is 9.59 Å². The van der Waals surface area contributed by atoms with Crippen LogP contribution in [0.2, 0.25) is 0 Å². The predicted octanol–water partition coefficient (Wildman–Crippen LogP) is 4.17. The Bertz CT molecular complexity index is 687. The molecule has 2 rings (SSSR count). The molecule has 27 heavy (non-hydrogen) atoms. The van der Waals surface area contributed by atoms with E-state index >= 15 is 0 Å². The normalized spacial score (nSPS) is 21.1. The van der Waals surface area contributed by atoms with E-state index in [1.54, 1.807) is 0 Å². The van der Waals surface area contributed by atoms with Crippen LogP contribution >= 0.6 is 0 Å². The molecule has 150 valence electrons. The predicted molar refractivity (Wildman–Crippen MR) is 84.6 cm³/mol. The molecule has 1 aromatic carbocycles. The largest absolute Gasteiger partial charge is 0.416 e. The fourth-order valence-electron chi connectivity index (χ4n) is 3.18. The van der Waals surface area contributed by atoms with Crippen molar-refractivity contribution in [2.24, 2.45) is 11.8 Å². The van der Waals surface area contributed by atoms with E-state index in [2.05, 4.69) is 0 Å². The molecule has 1 aromatic rings. The summed E-state index contributed by atoms with van der Waals surface area (Å²) in [6, 6.07) is 0.676. The van der Waals surface area contributed by atoms with Crippen LogP contribution in [-0.2, 0) is 21.9 Å².